The Bertz CT molecular complexity index is 1010. The van der Waals surface area contributed by atoms with Crippen LogP contribution in [0.3, 0.4) is 0 Å². The van der Waals surface area contributed by atoms with Gasteiger partial charge in [0.05, 0.1) is 31.6 Å². The maximum atomic E-state index is 13.8. The molecule has 3 rings (SSSR count). The molecule has 0 aliphatic carbocycles. The quantitative estimate of drug-likeness (QED) is 0.531. The van der Waals surface area contributed by atoms with E-state index in [4.69, 9.17) is 14.2 Å². The molecule has 0 N–H and O–H groups in total. The van der Waals surface area contributed by atoms with Crippen molar-refractivity contribution in [2.75, 3.05) is 52.5 Å². The Kier molecular flexibility index (Phi) is 7.66. The van der Waals surface area contributed by atoms with E-state index in [0.29, 0.717) is 54.6 Å². The van der Waals surface area contributed by atoms with Crippen LogP contribution in [-0.4, -0.2) is 64.3 Å². The van der Waals surface area contributed by atoms with Gasteiger partial charge in [-0.15, -0.1) is 0 Å². The lowest BCUT2D eigenvalue weighted by molar-refractivity contribution is -0.120. The van der Waals surface area contributed by atoms with E-state index in [1.807, 2.05) is 36.9 Å². The summed E-state index contributed by atoms with van der Waals surface area (Å²) in [6.07, 6.45) is 0. The van der Waals surface area contributed by atoms with Crippen LogP contribution in [-0.2, 0) is 19.1 Å². The van der Waals surface area contributed by atoms with Gasteiger partial charge < -0.3 is 19.1 Å². The van der Waals surface area contributed by atoms with Crippen LogP contribution in [0.4, 0.5) is 5.69 Å². The Hall–Kier alpha value is -3.16. The molecule has 1 aliphatic heterocycles. The molecule has 0 atom stereocenters. The first-order chi connectivity index (χ1) is 15.4. The van der Waals surface area contributed by atoms with Gasteiger partial charge in [0.25, 0.3) is 11.8 Å². The molecule has 7 nitrogen and oxygen atoms in total. The van der Waals surface area contributed by atoms with E-state index in [1.165, 1.54) is 4.90 Å². The molecular formula is C25H30N2O5. The molecule has 0 saturated heterocycles. The minimum absolute atomic E-state index is 0.344. The number of methoxy groups -OCH3 is 3. The molecule has 0 radical (unpaired) electrons. The minimum atomic E-state index is -0.346. The second-order valence-electron chi connectivity index (χ2n) is 7.66. The van der Waals surface area contributed by atoms with E-state index >= 15 is 0 Å². The number of hydrogen-bond donors (Lipinski definition) is 0. The normalized spacial score (nSPS) is 13.8. The van der Waals surface area contributed by atoms with Crippen LogP contribution in [0.15, 0.2) is 48.2 Å². The molecule has 1 aliphatic rings. The summed E-state index contributed by atoms with van der Waals surface area (Å²) in [7, 11) is 4.80. The highest BCUT2D eigenvalue weighted by Crippen LogP contribution is 2.36. The van der Waals surface area contributed by atoms with E-state index in [2.05, 4.69) is 0 Å². The number of hydrogen-bond acceptors (Lipinski definition) is 6. The first-order valence-electron chi connectivity index (χ1n) is 10.5. The number of ether oxygens (including phenoxy) is 3. The Labute approximate surface area is 189 Å². The predicted molar refractivity (Wildman–Crippen MR) is 124 cm³/mol. The third-order valence-corrected chi connectivity index (χ3v) is 5.49. The molecule has 170 valence electrons. The standard InChI is InChI=1S/C25H30N2O5/c1-17-6-7-18(2)21(16-17)27-24(28)22(19-8-10-20(32-5)11-9-19)23(25(27)29)26(12-14-30-3)13-15-31-4/h6-11,16H,12-15H2,1-5H3. The van der Waals surface area contributed by atoms with Gasteiger partial charge in [-0.2, -0.15) is 0 Å². The van der Waals surface area contributed by atoms with E-state index in [1.54, 1.807) is 45.6 Å². The van der Waals surface area contributed by atoms with E-state index < -0.39 is 0 Å². The summed E-state index contributed by atoms with van der Waals surface area (Å²) in [5, 5.41) is 0. The number of carbonyl (C=O) groups is 2. The SMILES string of the molecule is COCCN(CCOC)C1=C(c2ccc(OC)cc2)C(=O)N(c2cc(C)ccc2C)C1=O. The van der Waals surface area contributed by atoms with Gasteiger partial charge >= 0.3 is 0 Å². The summed E-state index contributed by atoms with van der Waals surface area (Å²) in [5.41, 5.74) is 3.81. The van der Waals surface area contributed by atoms with Crippen molar-refractivity contribution in [1.82, 2.24) is 4.90 Å². The molecule has 1 heterocycles. The molecule has 0 saturated carbocycles. The smallest absolute Gasteiger partial charge is 0.282 e. The lowest BCUT2D eigenvalue weighted by atomic mass is 10.0. The van der Waals surface area contributed by atoms with Crippen molar-refractivity contribution in [1.29, 1.82) is 0 Å². The molecule has 2 aromatic carbocycles. The topological polar surface area (TPSA) is 68.3 Å². The van der Waals surface area contributed by atoms with Crippen molar-refractivity contribution in [3.8, 4) is 5.75 Å². The third-order valence-electron chi connectivity index (χ3n) is 5.49. The van der Waals surface area contributed by atoms with Gasteiger partial charge in [-0.3, -0.25) is 9.59 Å². The van der Waals surface area contributed by atoms with E-state index in [-0.39, 0.29) is 11.8 Å². The number of benzene rings is 2. The van der Waals surface area contributed by atoms with Crippen LogP contribution in [0.5, 0.6) is 5.75 Å². The van der Waals surface area contributed by atoms with Gasteiger partial charge in [0.2, 0.25) is 0 Å². The summed E-state index contributed by atoms with van der Waals surface area (Å²) in [4.78, 5) is 30.6. The second kappa shape index (κ2) is 10.4. The largest absolute Gasteiger partial charge is 0.497 e. The molecule has 2 amide bonds. The van der Waals surface area contributed by atoms with Crippen LogP contribution in [0.1, 0.15) is 16.7 Å². The number of anilines is 1. The van der Waals surface area contributed by atoms with Crippen LogP contribution in [0, 0.1) is 13.8 Å². The second-order valence-corrected chi connectivity index (χ2v) is 7.66. The zero-order valence-electron chi connectivity index (χ0n) is 19.3. The third kappa shape index (κ3) is 4.69. The maximum Gasteiger partial charge on any atom is 0.282 e. The van der Waals surface area contributed by atoms with Crippen molar-refractivity contribution >= 4 is 23.1 Å². The molecule has 7 heteroatoms. The summed E-state index contributed by atoms with van der Waals surface area (Å²) < 4.78 is 15.8. The first-order valence-corrected chi connectivity index (χ1v) is 10.5. The maximum absolute atomic E-state index is 13.8. The molecule has 0 unspecified atom stereocenters. The van der Waals surface area contributed by atoms with Crippen molar-refractivity contribution in [3.63, 3.8) is 0 Å². The predicted octanol–water partition coefficient (Wildman–Crippen LogP) is 3.19. The Morgan fingerprint density at radius 1 is 0.844 bits per heavy atom. The van der Waals surface area contributed by atoms with Crippen molar-refractivity contribution < 1.29 is 23.8 Å². The molecule has 2 aromatic rings. The monoisotopic (exact) mass is 438 g/mol. The highest BCUT2D eigenvalue weighted by Gasteiger charge is 2.42. The number of carbonyl (C=O) groups excluding carboxylic acids is 2. The van der Waals surface area contributed by atoms with Crippen LogP contribution < -0.4 is 9.64 Å². The number of rotatable bonds is 10. The first kappa shape index (κ1) is 23.5. The summed E-state index contributed by atoms with van der Waals surface area (Å²) in [6.45, 7) is 5.56. The summed E-state index contributed by atoms with van der Waals surface area (Å²) in [6, 6.07) is 12.9. The number of amides is 2. The number of nitrogens with zero attached hydrogens (tertiary/aromatic N) is 2. The number of imide groups is 1. The fourth-order valence-corrected chi connectivity index (χ4v) is 3.75. The zero-order valence-corrected chi connectivity index (χ0v) is 19.3. The Morgan fingerprint density at radius 3 is 2.03 bits per heavy atom. The van der Waals surface area contributed by atoms with Crippen LogP contribution in [0.25, 0.3) is 5.57 Å². The van der Waals surface area contributed by atoms with Gasteiger partial charge in [-0.25, -0.2) is 4.90 Å². The van der Waals surface area contributed by atoms with Gasteiger partial charge in [-0.05, 0) is 48.7 Å². The van der Waals surface area contributed by atoms with Crippen molar-refractivity contribution in [2.24, 2.45) is 0 Å². The lowest BCUT2D eigenvalue weighted by Gasteiger charge is -2.26. The highest BCUT2D eigenvalue weighted by atomic mass is 16.5. The van der Waals surface area contributed by atoms with Crippen LogP contribution in [0.2, 0.25) is 0 Å². The zero-order chi connectivity index (χ0) is 23.3. The van der Waals surface area contributed by atoms with Gasteiger partial charge in [0, 0.05) is 27.3 Å². The highest BCUT2D eigenvalue weighted by molar-refractivity contribution is 6.45. The average Bonchev–Trinajstić information content (AvgIpc) is 3.05. The van der Waals surface area contributed by atoms with E-state index in [9.17, 15) is 9.59 Å². The fourth-order valence-electron chi connectivity index (χ4n) is 3.75. The van der Waals surface area contributed by atoms with Gasteiger partial charge in [0.15, 0.2) is 0 Å². The summed E-state index contributed by atoms with van der Waals surface area (Å²) >= 11 is 0. The van der Waals surface area contributed by atoms with Crippen molar-refractivity contribution in [2.45, 2.75) is 13.8 Å². The molecule has 0 fully saturated rings. The fraction of sp³-hybridized carbons (Fsp3) is 0.360. The Balaban J connectivity index is 2.15. The average molecular weight is 439 g/mol. The number of aryl methyl sites for hydroxylation is 2. The molecule has 0 spiro atoms. The van der Waals surface area contributed by atoms with Crippen molar-refractivity contribution in [3.05, 3.63) is 64.9 Å². The summed E-state index contributed by atoms with van der Waals surface area (Å²) in [5.74, 6) is -0.0138. The molecule has 0 aromatic heterocycles. The van der Waals surface area contributed by atoms with Crippen LogP contribution >= 0.6 is 0 Å². The van der Waals surface area contributed by atoms with Gasteiger partial charge in [-0.1, -0.05) is 24.3 Å². The molecule has 0 bridgehead atoms. The van der Waals surface area contributed by atoms with E-state index in [0.717, 1.165) is 11.1 Å². The minimum Gasteiger partial charge on any atom is -0.497 e. The molecular weight excluding hydrogens is 408 g/mol. The lowest BCUT2D eigenvalue weighted by Crippen LogP contribution is -2.38. The van der Waals surface area contributed by atoms with Gasteiger partial charge in [0.1, 0.15) is 11.4 Å². The Morgan fingerprint density at radius 2 is 1.47 bits per heavy atom. The molecule has 32 heavy (non-hydrogen) atoms.